The zero-order valence-corrected chi connectivity index (χ0v) is 18.9. The Balaban J connectivity index is 2.66. The summed E-state index contributed by atoms with van der Waals surface area (Å²) in [4.78, 5) is 10.7. The Morgan fingerprint density at radius 2 is 1.59 bits per heavy atom. The molecular formula is C21H34O7Si. The first-order chi connectivity index (χ1) is 14.0. The third kappa shape index (κ3) is 9.45. The van der Waals surface area contributed by atoms with Crippen LogP contribution in [0.15, 0.2) is 24.3 Å². The second kappa shape index (κ2) is 14.2. The average Bonchev–Trinajstić information content (AvgIpc) is 2.68. The summed E-state index contributed by atoms with van der Waals surface area (Å²) in [6, 6.07) is 6.11. The number of rotatable bonds is 16. The lowest BCUT2D eigenvalue weighted by Gasteiger charge is -2.28. The van der Waals surface area contributed by atoms with Crippen molar-refractivity contribution in [3.63, 3.8) is 0 Å². The standard InChI is InChI=1S/C21H34O7Si/c1-5-24-19-13-11-18(12-14-21(22)23)17-20(19)25-15-9-10-16-29(26-6-2,27-7-3)28-8-4/h11-14,17H,5-10,15-16H2,1-4H3,(H,22,23). The number of aliphatic carboxylic acids is 1. The molecule has 0 saturated carbocycles. The summed E-state index contributed by atoms with van der Waals surface area (Å²) >= 11 is 0. The summed E-state index contributed by atoms with van der Waals surface area (Å²) < 4.78 is 29.1. The fourth-order valence-corrected chi connectivity index (χ4v) is 5.50. The number of hydrogen-bond acceptors (Lipinski definition) is 6. The molecule has 8 heteroatoms. The molecule has 1 N–H and O–H groups in total. The van der Waals surface area contributed by atoms with Crippen molar-refractivity contribution in [2.24, 2.45) is 0 Å². The average molecular weight is 427 g/mol. The number of unbranched alkanes of at least 4 members (excludes halogenated alkanes) is 1. The summed E-state index contributed by atoms with van der Waals surface area (Å²) in [5, 5.41) is 8.79. The molecule has 0 bridgehead atoms. The van der Waals surface area contributed by atoms with E-state index in [9.17, 15) is 4.79 Å². The van der Waals surface area contributed by atoms with Crippen molar-refractivity contribution in [2.75, 3.05) is 33.0 Å². The second-order valence-electron chi connectivity index (χ2n) is 6.10. The van der Waals surface area contributed by atoms with Gasteiger partial charge in [0.15, 0.2) is 11.5 Å². The Morgan fingerprint density at radius 3 is 2.14 bits per heavy atom. The van der Waals surface area contributed by atoms with Crippen LogP contribution in [-0.4, -0.2) is 52.9 Å². The molecule has 0 amide bonds. The summed E-state index contributed by atoms with van der Waals surface area (Å²) in [6.07, 6.45) is 4.29. The maximum Gasteiger partial charge on any atom is 0.500 e. The first-order valence-corrected chi connectivity index (χ1v) is 12.2. The first kappa shape index (κ1) is 25.2. The van der Waals surface area contributed by atoms with Crippen LogP contribution in [0.25, 0.3) is 6.08 Å². The molecule has 29 heavy (non-hydrogen) atoms. The Hall–Kier alpha value is -1.87. The highest BCUT2D eigenvalue weighted by Gasteiger charge is 2.39. The quantitative estimate of drug-likeness (QED) is 0.238. The number of carbonyl (C=O) groups is 1. The van der Waals surface area contributed by atoms with Crippen molar-refractivity contribution < 1.29 is 32.7 Å². The van der Waals surface area contributed by atoms with Gasteiger partial charge >= 0.3 is 14.8 Å². The van der Waals surface area contributed by atoms with Crippen LogP contribution < -0.4 is 9.47 Å². The summed E-state index contributed by atoms with van der Waals surface area (Å²) in [6.45, 7) is 10.5. The van der Waals surface area contributed by atoms with E-state index in [2.05, 4.69) is 0 Å². The van der Waals surface area contributed by atoms with Crippen LogP contribution in [0.1, 0.15) is 46.1 Å². The topological polar surface area (TPSA) is 83.5 Å². The summed E-state index contributed by atoms with van der Waals surface area (Å²) in [5.74, 6) is 0.246. The van der Waals surface area contributed by atoms with Gasteiger partial charge in [0.2, 0.25) is 0 Å². The molecule has 164 valence electrons. The first-order valence-electron chi connectivity index (χ1n) is 10.2. The molecule has 0 heterocycles. The number of hydrogen-bond donors (Lipinski definition) is 1. The van der Waals surface area contributed by atoms with Crippen molar-refractivity contribution in [2.45, 2.75) is 46.6 Å². The predicted octanol–water partition coefficient (Wildman–Crippen LogP) is 4.39. The Kier molecular flexibility index (Phi) is 12.3. The molecule has 1 rings (SSSR count). The lowest BCUT2D eigenvalue weighted by Crippen LogP contribution is -2.45. The number of benzene rings is 1. The number of ether oxygens (including phenoxy) is 2. The van der Waals surface area contributed by atoms with Crippen LogP contribution in [0.3, 0.4) is 0 Å². The van der Waals surface area contributed by atoms with Gasteiger partial charge in [-0.05, 0) is 64.3 Å². The van der Waals surface area contributed by atoms with Crippen LogP contribution in [0.5, 0.6) is 11.5 Å². The molecular weight excluding hydrogens is 392 g/mol. The molecule has 0 spiro atoms. The molecule has 0 aliphatic heterocycles. The molecule has 0 aromatic heterocycles. The fourth-order valence-electron chi connectivity index (χ4n) is 2.81. The fraction of sp³-hybridized carbons (Fsp3) is 0.571. The lowest BCUT2D eigenvalue weighted by atomic mass is 10.2. The van der Waals surface area contributed by atoms with Gasteiger partial charge < -0.3 is 27.9 Å². The largest absolute Gasteiger partial charge is 0.500 e. The molecule has 0 fully saturated rings. The van der Waals surface area contributed by atoms with Gasteiger partial charge in [-0.2, -0.15) is 0 Å². The third-order valence-electron chi connectivity index (χ3n) is 3.91. The van der Waals surface area contributed by atoms with E-state index in [1.54, 1.807) is 18.2 Å². The van der Waals surface area contributed by atoms with Gasteiger partial charge in [0.1, 0.15) is 0 Å². The van der Waals surface area contributed by atoms with Gasteiger partial charge in [0.25, 0.3) is 0 Å². The van der Waals surface area contributed by atoms with Gasteiger partial charge in [-0.25, -0.2) is 4.79 Å². The minimum atomic E-state index is -2.62. The predicted molar refractivity (Wildman–Crippen MR) is 114 cm³/mol. The van der Waals surface area contributed by atoms with E-state index in [0.29, 0.717) is 44.5 Å². The monoisotopic (exact) mass is 426 g/mol. The van der Waals surface area contributed by atoms with E-state index < -0.39 is 14.8 Å². The highest BCUT2D eigenvalue weighted by molar-refractivity contribution is 6.60. The molecule has 7 nitrogen and oxygen atoms in total. The van der Waals surface area contributed by atoms with E-state index in [1.165, 1.54) is 6.08 Å². The van der Waals surface area contributed by atoms with Gasteiger partial charge in [-0.15, -0.1) is 0 Å². The Bertz CT molecular complexity index is 616. The highest BCUT2D eigenvalue weighted by atomic mass is 28.4. The van der Waals surface area contributed by atoms with E-state index >= 15 is 0 Å². The number of carboxylic acid groups (broad SMARTS) is 1. The van der Waals surface area contributed by atoms with Crippen molar-refractivity contribution in [3.05, 3.63) is 29.8 Å². The minimum Gasteiger partial charge on any atom is -0.490 e. The second-order valence-corrected chi connectivity index (χ2v) is 8.83. The third-order valence-corrected chi connectivity index (χ3v) is 7.07. The van der Waals surface area contributed by atoms with Crippen molar-refractivity contribution in [1.29, 1.82) is 0 Å². The molecule has 1 aromatic carbocycles. The van der Waals surface area contributed by atoms with Crippen molar-refractivity contribution in [1.82, 2.24) is 0 Å². The zero-order chi connectivity index (χ0) is 21.5. The summed E-state index contributed by atoms with van der Waals surface area (Å²) in [5.41, 5.74) is 0.737. The minimum absolute atomic E-state index is 0.501. The normalized spacial score (nSPS) is 11.7. The van der Waals surface area contributed by atoms with Gasteiger partial charge in [-0.3, -0.25) is 0 Å². The van der Waals surface area contributed by atoms with Crippen LogP contribution in [0, 0.1) is 0 Å². The van der Waals surface area contributed by atoms with Gasteiger partial charge in [-0.1, -0.05) is 6.07 Å². The molecule has 0 unspecified atom stereocenters. The van der Waals surface area contributed by atoms with Gasteiger partial charge in [0, 0.05) is 31.9 Å². The zero-order valence-electron chi connectivity index (χ0n) is 17.9. The molecule has 0 atom stereocenters. The molecule has 0 radical (unpaired) electrons. The van der Waals surface area contributed by atoms with E-state index in [-0.39, 0.29) is 0 Å². The number of carboxylic acids is 1. The van der Waals surface area contributed by atoms with Crippen LogP contribution >= 0.6 is 0 Å². The SMILES string of the molecule is CCOc1ccc(C=CC(=O)O)cc1OCCCC[Si](OCC)(OCC)OCC. The maximum atomic E-state index is 10.7. The van der Waals surface area contributed by atoms with Crippen molar-refractivity contribution in [3.8, 4) is 11.5 Å². The van der Waals surface area contributed by atoms with E-state index in [1.807, 2.05) is 27.7 Å². The van der Waals surface area contributed by atoms with Crippen LogP contribution in [0.2, 0.25) is 6.04 Å². The smallest absolute Gasteiger partial charge is 0.490 e. The molecule has 0 aliphatic rings. The summed E-state index contributed by atoms with van der Waals surface area (Å²) in [7, 11) is -2.62. The maximum absolute atomic E-state index is 10.7. The van der Waals surface area contributed by atoms with Crippen LogP contribution in [-0.2, 0) is 18.1 Å². The Labute approximate surface area is 174 Å². The highest BCUT2D eigenvalue weighted by Crippen LogP contribution is 2.29. The molecule has 1 aromatic rings. The van der Waals surface area contributed by atoms with Crippen molar-refractivity contribution >= 4 is 20.8 Å². The lowest BCUT2D eigenvalue weighted by molar-refractivity contribution is -0.131. The van der Waals surface area contributed by atoms with Crippen LogP contribution in [0.4, 0.5) is 0 Å². The Morgan fingerprint density at radius 1 is 0.931 bits per heavy atom. The van der Waals surface area contributed by atoms with E-state index in [0.717, 1.165) is 30.5 Å². The van der Waals surface area contributed by atoms with Gasteiger partial charge in [0.05, 0.1) is 13.2 Å². The molecule has 0 saturated heterocycles. The van der Waals surface area contributed by atoms with E-state index in [4.69, 9.17) is 27.9 Å². The molecule has 0 aliphatic carbocycles.